The van der Waals surface area contributed by atoms with Crippen molar-refractivity contribution in [2.45, 2.75) is 12.6 Å². The highest BCUT2D eigenvalue weighted by molar-refractivity contribution is 9.10. The Morgan fingerprint density at radius 2 is 2.20 bits per heavy atom. The van der Waals surface area contributed by atoms with E-state index in [0.29, 0.717) is 6.54 Å². The average Bonchev–Trinajstić information content (AvgIpc) is 2.92. The molecule has 5 heteroatoms. The maximum Gasteiger partial charge on any atom is 0.133 e. The van der Waals surface area contributed by atoms with Gasteiger partial charge in [0.05, 0.1) is 24.1 Å². The Morgan fingerprint density at radius 3 is 2.75 bits per heavy atom. The first-order valence-corrected chi connectivity index (χ1v) is 7.19. The number of hydrogen-bond acceptors (Lipinski definition) is 4. The molecule has 0 aliphatic heterocycles. The standard InChI is InChI=1S/C15H19BrN2O2/c1-18(9-11-5-6-20-10-11)14(8-17)12-3-4-15(19-2)13(16)7-12/h3-7,10,14H,8-9,17H2,1-2H3. The van der Waals surface area contributed by atoms with Gasteiger partial charge in [0, 0.05) is 24.7 Å². The lowest BCUT2D eigenvalue weighted by molar-refractivity contribution is 0.241. The van der Waals surface area contributed by atoms with Crippen molar-refractivity contribution in [3.8, 4) is 5.75 Å². The fourth-order valence-electron chi connectivity index (χ4n) is 2.24. The third-order valence-corrected chi connectivity index (χ3v) is 3.95. The molecule has 108 valence electrons. The number of nitrogens with zero attached hydrogens (tertiary/aromatic N) is 1. The van der Waals surface area contributed by atoms with Crippen molar-refractivity contribution in [3.05, 3.63) is 52.4 Å². The summed E-state index contributed by atoms with van der Waals surface area (Å²) in [5.41, 5.74) is 8.24. The lowest BCUT2D eigenvalue weighted by Crippen LogP contribution is -2.30. The third-order valence-electron chi connectivity index (χ3n) is 3.33. The number of methoxy groups -OCH3 is 1. The summed E-state index contributed by atoms with van der Waals surface area (Å²) in [7, 11) is 3.72. The van der Waals surface area contributed by atoms with Gasteiger partial charge in [-0.15, -0.1) is 0 Å². The van der Waals surface area contributed by atoms with Crippen LogP contribution < -0.4 is 10.5 Å². The molecule has 0 spiro atoms. The van der Waals surface area contributed by atoms with Crippen LogP contribution in [0.4, 0.5) is 0 Å². The zero-order valence-electron chi connectivity index (χ0n) is 11.7. The number of benzene rings is 1. The summed E-state index contributed by atoms with van der Waals surface area (Å²) < 4.78 is 11.3. The van der Waals surface area contributed by atoms with Crippen LogP contribution in [0.1, 0.15) is 17.2 Å². The van der Waals surface area contributed by atoms with E-state index < -0.39 is 0 Å². The lowest BCUT2D eigenvalue weighted by Gasteiger charge is -2.27. The van der Waals surface area contributed by atoms with Crippen LogP contribution in [-0.2, 0) is 6.54 Å². The van der Waals surface area contributed by atoms with Crippen molar-refractivity contribution in [3.63, 3.8) is 0 Å². The summed E-state index contributed by atoms with van der Waals surface area (Å²) in [6.07, 6.45) is 3.44. The maximum atomic E-state index is 5.94. The molecule has 0 bridgehead atoms. The highest BCUT2D eigenvalue weighted by atomic mass is 79.9. The molecule has 0 aliphatic carbocycles. The summed E-state index contributed by atoms with van der Waals surface area (Å²) in [6.45, 7) is 1.34. The van der Waals surface area contributed by atoms with E-state index in [9.17, 15) is 0 Å². The topological polar surface area (TPSA) is 51.6 Å². The minimum atomic E-state index is 0.145. The fraction of sp³-hybridized carbons (Fsp3) is 0.333. The van der Waals surface area contributed by atoms with Crippen LogP contribution in [-0.4, -0.2) is 25.6 Å². The molecular weight excluding hydrogens is 320 g/mol. The number of likely N-dealkylation sites (N-methyl/N-ethyl adjacent to an activating group) is 1. The highest BCUT2D eigenvalue weighted by Gasteiger charge is 2.17. The third kappa shape index (κ3) is 3.42. The van der Waals surface area contributed by atoms with Gasteiger partial charge in [-0.3, -0.25) is 4.90 Å². The smallest absolute Gasteiger partial charge is 0.133 e. The van der Waals surface area contributed by atoms with Gasteiger partial charge in [0.15, 0.2) is 0 Å². The van der Waals surface area contributed by atoms with Crippen molar-refractivity contribution in [1.29, 1.82) is 0 Å². The van der Waals surface area contributed by atoms with E-state index in [2.05, 4.69) is 33.9 Å². The van der Waals surface area contributed by atoms with E-state index in [1.165, 1.54) is 0 Å². The van der Waals surface area contributed by atoms with E-state index >= 15 is 0 Å². The van der Waals surface area contributed by atoms with Gasteiger partial charge in [-0.1, -0.05) is 6.07 Å². The van der Waals surface area contributed by atoms with Gasteiger partial charge in [-0.2, -0.15) is 0 Å². The Morgan fingerprint density at radius 1 is 1.40 bits per heavy atom. The summed E-state index contributed by atoms with van der Waals surface area (Å²) >= 11 is 3.52. The molecule has 0 aliphatic rings. The highest BCUT2D eigenvalue weighted by Crippen LogP contribution is 2.30. The second-order valence-electron chi connectivity index (χ2n) is 4.69. The molecule has 20 heavy (non-hydrogen) atoms. The molecule has 0 radical (unpaired) electrons. The molecular formula is C15H19BrN2O2. The number of ether oxygens (including phenoxy) is 1. The average molecular weight is 339 g/mol. The molecule has 0 saturated heterocycles. The first-order valence-electron chi connectivity index (χ1n) is 6.40. The number of hydrogen-bond donors (Lipinski definition) is 1. The molecule has 0 amide bonds. The van der Waals surface area contributed by atoms with Gasteiger partial charge >= 0.3 is 0 Å². The molecule has 1 aromatic carbocycles. The predicted octanol–water partition coefficient (Wildman–Crippen LogP) is 3.18. The second kappa shape index (κ2) is 6.92. The Bertz CT molecular complexity index is 543. The summed E-state index contributed by atoms with van der Waals surface area (Å²) in [4.78, 5) is 2.21. The number of furan rings is 1. The summed E-state index contributed by atoms with van der Waals surface area (Å²) in [5, 5.41) is 0. The van der Waals surface area contributed by atoms with Gasteiger partial charge in [0.2, 0.25) is 0 Å². The van der Waals surface area contributed by atoms with Gasteiger partial charge in [0.25, 0.3) is 0 Å². The molecule has 1 atom stereocenters. The SMILES string of the molecule is COc1ccc(C(CN)N(C)Cc2ccoc2)cc1Br. The summed E-state index contributed by atoms with van der Waals surface area (Å²) in [6, 6.07) is 8.17. The largest absolute Gasteiger partial charge is 0.496 e. The number of nitrogens with two attached hydrogens (primary N) is 1. The van der Waals surface area contributed by atoms with E-state index in [1.807, 2.05) is 18.2 Å². The monoisotopic (exact) mass is 338 g/mol. The van der Waals surface area contributed by atoms with Gasteiger partial charge in [-0.25, -0.2) is 0 Å². The number of rotatable bonds is 6. The molecule has 2 rings (SSSR count). The van der Waals surface area contributed by atoms with Gasteiger partial charge < -0.3 is 14.9 Å². The zero-order chi connectivity index (χ0) is 14.5. The fourth-order valence-corrected chi connectivity index (χ4v) is 2.80. The molecule has 1 aromatic heterocycles. The van der Waals surface area contributed by atoms with Crippen LogP contribution >= 0.6 is 15.9 Å². The van der Waals surface area contributed by atoms with Crippen molar-refractivity contribution in [1.82, 2.24) is 4.90 Å². The first kappa shape index (κ1) is 15.1. The Balaban J connectivity index is 2.16. The van der Waals surface area contributed by atoms with Gasteiger partial charge in [-0.05, 0) is 46.7 Å². The van der Waals surface area contributed by atoms with E-state index in [0.717, 1.165) is 27.9 Å². The van der Waals surface area contributed by atoms with Gasteiger partial charge in [0.1, 0.15) is 5.75 Å². The van der Waals surface area contributed by atoms with Crippen LogP contribution in [0.15, 0.2) is 45.7 Å². The molecule has 2 aromatic rings. The molecule has 4 nitrogen and oxygen atoms in total. The van der Waals surface area contributed by atoms with Crippen LogP contribution in [0.25, 0.3) is 0 Å². The van der Waals surface area contributed by atoms with E-state index in [1.54, 1.807) is 19.6 Å². The Hall–Kier alpha value is -1.30. The van der Waals surface area contributed by atoms with E-state index in [-0.39, 0.29) is 6.04 Å². The predicted molar refractivity (Wildman–Crippen MR) is 82.7 cm³/mol. The second-order valence-corrected chi connectivity index (χ2v) is 5.55. The minimum Gasteiger partial charge on any atom is -0.496 e. The molecule has 1 unspecified atom stereocenters. The number of halogens is 1. The van der Waals surface area contributed by atoms with Crippen molar-refractivity contribution in [2.75, 3.05) is 20.7 Å². The molecule has 2 N–H and O–H groups in total. The van der Waals surface area contributed by atoms with Crippen LogP contribution in [0.3, 0.4) is 0 Å². The first-order chi connectivity index (χ1) is 9.65. The normalized spacial score (nSPS) is 12.7. The van der Waals surface area contributed by atoms with Crippen LogP contribution in [0, 0.1) is 0 Å². The quantitative estimate of drug-likeness (QED) is 0.878. The van der Waals surface area contributed by atoms with Crippen molar-refractivity contribution < 1.29 is 9.15 Å². The summed E-state index contributed by atoms with van der Waals surface area (Å²) in [5.74, 6) is 0.821. The van der Waals surface area contributed by atoms with Crippen LogP contribution in [0.5, 0.6) is 5.75 Å². The maximum absolute atomic E-state index is 5.94. The van der Waals surface area contributed by atoms with Crippen molar-refractivity contribution in [2.24, 2.45) is 5.73 Å². The lowest BCUT2D eigenvalue weighted by atomic mass is 10.1. The zero-order valence-corrected chi connectivity index (χ0v) is 13.3. The molecule has 1 heterocycles. The van der Waals surface area contributed by atoms with E-state index in [4.69, 9.17) is 14.9 Å². The van der Waals surface area contributed by atoms with Crippen molar-refractivity contribution >= 4 is 15.9 Å². The van der Waals surface area contributed by atoms with Crippen LogP contribution in [0.2, 0.25) is 0 Å². The molecule has 0 saturated carbocycles. The minimum absolute atomic E-state index is 0.145. The Labute approximate surface area is 127 Å². The molecule has 0 fully saturated rings. The Kier molecular flexibility index (Phi) is 5.23.